The Kier molecular flexibility index (Phi) is 5.45. The first-order valence-corrected chi connectivity index (χ1v) is 5.28. The fourth-order valence-electron chi connectivity index (χ4n) is 0.738. The Hall–Kier alpha value is -0.840. The molecule has 0 unspecified atom stereocenters. The van der Waals surface area contributed by atoms with Gasteiger partial charge in [0, 0.05) is 21.3 Å². The summed E-state index contributed by atoms with van der Waals surface area (Å²) in [7, 11) is 0.307. The number of ketones is 1. The van der Waals surface area contributed by atoms with Crippen molar-refractivity contribution in [3.05, 3.63) is 11.5 Å². The lowest BCUT2D eigenvalue weighted by Crippen LogP contribution is -2.01. The molecule has 0 aromatic carbocycles. The monoisotopic (exact) mass is 220 g/mol. The first kappa shape index (κ1) is 13.2. The van der Waals surface area contributed by atoms with Crippen LogP contribution in [0.2, 0.25) is 0 Å². The predicted octanol–water partition coefficient (Wildman–Crippen LogP) is 1.98. The van der Waals surface area contributed by atoms with Gasteiger partial charge in [0.1, 0.15) is 5.31 Å². The molecule has 7 heteroatoms. The molecule has 6 nitrogen and oxygen atoms in total. The van der Waals surface area contributed by atoms with E-state index in [0.29, 0.717) is 0 Å². The predicted molar refractivity (Wildman–Crippen MR) is 51.2 cm³/mol. The number of allylic oxidation sites excluding steroid dienone is 1. The number of carbonyl (C=O) groups excluding carboxylic acids is 1. The summed E-state index contributed by atoms with van der Waals surface area (Å²) in [6.07, 6.45) is 1.08. The van der Waals surface area contributed by atoms with E-state index >= 15 is 0 Å². The number of Topliss-reactive ketones (excluding diaryl/α,β-unsaturated/α-hetero) is 1. The summed E-state index contributed by atoms with van der Waals surface area (Å²) in [5.74, 6) is -0.426. The molecule has 0 rings (SSSR count). The lowest BCUT2D eigenvalue weighted by molar-refractivity contribution is -0.113. The van der Waals surface area contributed by atoms with Crippen molar-refractivity contribution in [3.63, 3.8) is 0 Å². The second-order valence-corrected chi connectivity index (χ2v) is 4.46. The van der Waals surface area contributed by atoms with Crippen LogP contribution in [0.1, 0.15) is 6.92 Å². The number of carbonyl (C=O) groups is 1. The lowest BCUT2D eigenvalue weighted by Gasteiger charge is -2.13. The number of azo groups is 1. The maximum Gasteiger partial charge on any atom is 0.366 e. The highest BCUT2D eigenvalue weighted by atomic mass is 31.2. The minimum atomic E-state index is -3.52. The second-order valence-electron chi connectivity index (χ2n) is 2.25. The molecule has 0 aliphatic carbocycles. The van der Waals surface area contributed by atoms with Crippen molar-refractivity contribution in [3.8, 4) is 0 Å². The van der Waals surface area contributed by atoms with E-state index in [9.17, 15) is 9.36 Å². The Bertz CT molecular complexity index is 303. The van der Waals surface area contributed by atoms with Gasteiger partial charge in [-0.2, -0.15) is 10.2 Å². The standard InChI is InChI=1S/C7H13N2O4P/c1-6(10)7(5-9-8-2)14(11,12-3)13-4/h5H,1-4H3/b7-5-,9-8?. The third-order valence-corrected chi connectivity index (χ3v) is 3.41. The molecule has 0 aliphatic rings. The van der Waals surface area contributed by atoms with Gasteiger partial charge >= 0.3 is 7.60 Å². The zero-order valence-corrected chi connectivity index (χ0v) is 9.45. The van der Waals surface area contributed by atoms with Crippen molar-refractivity contribution in [2.24, 2.45) is 10.2 Å². The summed E-state index contributed by atoms with van der Waals surface area (Å²) in [5, 5.41) is 6.75. The fraction of sp³-hybridized carbons (Fsp3) is 0.571. The highest BCUT2D eigenvalue weighted by molar-refractivity contribution is 7.59. The molecule has 0 saturated heterocycles. The van der Waals surface area contributed by atoms with Gasteiger partial charge in [0.15, 0.2) is 5.78 Å². The van der Waals surface area contributed by atoms with E-state index in [1.54, 1.807) is 0 Å². The highest BCUT2D eigenvalue weighted by Gasteiger charge is 2.31. The van der Waals surface area contributed by atoms with Crippen molar-refractivity contribution < 1.29 is 18.4 Å². The Morgan fingerprint density at radius 1 is 1.36 bits per heavy atom. The van der Waals surface area contributed by atoms with Gasteiger partial charge in [-0.15, -0.1) is 0 Å². The molecule has 0 N–H and O–H groups in total. The largest absolute Gasteiger partial charge is 0.366 e. The van der Waals surface area contributed by atoms with Crippen LogP contribution in [0.5, 0.6) is 0 Å². The van der Waals surface area contributed by atoms with Crippen molar-refractivity contribution in [1.82, 2.24) is 0 Å². The zero-order chi connectivity index (χ0) is 11.2. The normalized spacial score (nSPS) is 13.6. The topological polar surface area (TPSA) is 77.3 Å². The van der Waals surface area contributed by atoms with Gasteiger partial charge in [0.25, 0.3) is 0 Å². The first-order valence-electron chi connectivity index (χ1n) is 3.74. The molecule has 0 atom stereocenters. The molecule has 0 aromatic heterocycles. The van der Waals surface area contributed by atoms with Crippen molar-refractivity contribution >= 4 is 13.4 Å². The highest BCUT2D eigenvalue weighted by Crippen LogP contribution is 2.54. The van der Waals surface area contributed by atoms with E-state index in [1.165, 1.54) is 28.2 Å². The van der Waals surface area contributed by atoms with Crippen molar-refractivity contribution in [1.29, 1.82) is 0 Å². The summed E-state index contributed by atoms with van der Waals surface area (Å²) in [6.45, 7) is 1.25. The molecule has 0 saturated carbocycles. The van der Waals surface area contributed by atoms with E-state index in [-0.39, 0.29) is 5.31 Å². The zero-order valence-electron chi connectivity index (χ0n) is 8.55. The Morgan fingerprint density at radius 2 is 1.86 bits per heavy atom. The lowest BCUT2D eigenvalue weighted by atomic mass is 10.4. The Balaban J connectivity index is 5.20. The molecule has 0 aromatic rings. The molecule has 0 bridgehead atoms. The van der Waals surface area contributed by atoms with Crippen LogP contribution in [0.3, 0.4) is 0 Å². The molecule has 0 radical (unpaired) electrons. The molecule has 0 fully saturated rings. The SMILES string of the molecule is CN=N/C=C(/C(C)=O)P(=O)(OC)OC. The van der Waals surface area contributed by atoms with E-state index in [0.717, 1.165) is 6.20 Å². The van der Waals surface area contributed by atoms with Crippen molar-refractivity contribution in [2.75, 3.05) is 21.3 Å². The van der Waals surface area contributed by atoms with Crippen LogP contribution in [-0.4, -0.2) is 27.1 Å². The molecule has 0 heterocycles. The minimum Gasteiger partial charge on any atom is -0.308 e. The van der Waals surface area contributed by atoms with E-state index < -0.39 is 13.4 Å². The molecule has 0 amide bonds. The summed E-state index contributed by atoms with van der Waals surface area (Å²) in [4.78, 5) is 11.1. The molecule has 80 valence electrons. The van der Waals surface area contributed by atoms with Crippen LogP contribution >= 0.6 is 7.60 Å². The van der Waals surface area contributed by atoms with Crippen molar-refractivity contribution in [2.45, 2.75) is 6.92 Å². The van der Waals surface area contributed by atoms with E-state index in [1.807, 2.05) is 0 Å². The Morgan fingerprint density at radius 3 is 2.14 bits per heavy atom. The van der Waals surface area contributed by atoms with Gasteiger partial charge in [0.2, 0.25) is 0 Å². The molecule has 0 aliphatic heterocycles. The fourth-order valence-corrected chi connectivity index (χ4v) is 1.86. The Labute approximate surface area is 82.5 Å². The molecular formula is C7H13N2O4P. The van der Waals surface area contributed by atoms with Gasteiger partial charge in [-0.25, -0.2) is 0 Å². The summed E-state index contributed by atoms with van der Waals surface area (Å²) >= 11 is 0. The van der Waals surface area contributed by atoms with Crippen LogP contribution in [0.25, 0.3) is 0 Å². The number of hydrogen-bond acceptors (Lipinski definition) is 6. The van der Waals surface area contributed by atoms with Gasteiger partial charge in [-0.1, -0.05) is 0 Å². The maximum absolute atomic E-state index is 11.8. The van der Waals surface area contributed by atoms with Crippen LogP contribution in [0.15, 0.2) is 21.7 Å². The number of hydrogen-bond donors (Lipinski definition) is 0. The quantitative estimate of drug-likeness (QED) is 0.403. The van der Waals surface area contributed by atoms with Crippen LogP contribution in [0.4, 0.5) is 0 Å². The molecular weight excluding hydrogens is 207 g/mol. The van der Waals surface area contributed by atoms with Crippen LogP contribution in [0, 0.1) is 0 Å². The maximum atomic E-state index is 11.8. The summed E-state index contributed by atoms with van der Waals surface area (Å²) in [6, 6.07) is 0. The third kappa shape index (κ3) is 3.14. The van der Waals surface area contributed by atoms with Crippen LogP contribution < -0.4 is 0 Å². The van der Waals surface area contributed by atoms with E-state index in [2.05, 4.69) is 19.3 Å². The minimum absolute atomic E-state index is 0.117. The number of nitrogens with zero attached hydrogens (tertiary/aromatic N) is 2. The van der Waals surface area contributed by atoms with Gasteiger partial charge < -0.3 is 9.05 Å². The second kappa shape index (κ2) is 5.80. The van der Waals surface area contributed by atoms with Gasteiger partial charge in [0.05, 0.1) is 6.20 Å². The number of rotatable bonds is 5. The van der Waals surface area contributed by atoms with Gasteiger partial charge in [-0.3, -0.25) is 9.36 Å². The van der Waals surface area contributed by atoms with Gasteiger partial charge in [-0.05, 0) is 6.92 Å². The smallest absolute Gasteiger partial charge is 0.308 e. The average molecular weight is 220 g/mol. The summed E-state index contributed by atoms with van der Waals surface area (Å²) < 4.78 is 21.1. The first-order chi connectivity index (χ1) is 6.51. The summed E-state index contributed by atoms with van der Waals surface area (Å²) in [5.41, 5.74) is 0. The third-order valence-electron chi connectivity index (χ3n) is 1.43. The average Bonchev–Trinajstić information content (AvgIpc) is 2.17. The molecule has 14 heavy (non-hydrogen) atoms. The van der Waals surface area contributed by atoms with Crippen LogP contribution in [-0.2, 0) is 18.4 Å². The molecule has 0 spiro atoms. The van der Waals surface area contributed by atoms with E-state index in [4.69, 9.17) is 0 Å².